The van der Waals surface area contributed by atoms with Crippen molar-refractivity contribution in [3.63, 3.8) is 0 Å². The molecule has 1 aliphatic rings. The number of likely N-dealkylation sites (tertiary alicyclic amines) is 1. The molecule has 3 heterocycles. The molecule has 4 rings (SSSR count). The van der Waals surface area contributed by atoms with E-state index in [0.29, 0.717) is 11.5 Å². The van der Waals surface area contributed by atoms with Crippen LogP contribution in [0, 0.1) is 0 Å². The third-order valence-corrected chi connectivity index (χ3v) is 5.86. The Labute approximate surface area is 183 Å². The van der Waals surface area contributed by atoms with Crippen LogP contribution in [0.2, 0.25) is 0 Å². The van der Waals surface area contributed by atoms with Crippen LogP contribution in [0.15, 0.2) is 48.9 Å². The zero-order valence-corrected chi connectivity index (χ0v) is 18.4. The molecule has 1 fully saturated rings. The molecule has 0 unspecified atom stereocenters. The Kier molecular flexibility index (Phi) is 6.04. The SMILES string of the molecule is CC(C)c1ccc(CN2CC[C@@H](NC(=O)c3cc(-c4cnn(C)c4)cnc3N)C2)cc1. The number of nitrogens with zero attached hydrogens (tertiary/aromatic N) is 4. The summed E-state index contributed by atoms with van der Waals surface area (Å²) >= 11 is 0. The largest absolute Gasteiger partial charge is 0.383 e. The second-order valence-electron chi connectivity index (χ2n) is 8.65. The third-order valence-electron chi connectivity index (χ3n) is 5.86. The first-order valence-electron chi connectivity index (χ1n) is 10.8. The number of carbonyl (C=O) groups excluding carboxylic acids is 1. The van der Waals surface area contributed by atoms with Crippen molar-refractivity contribution in [2.24, 2.45) is 7.05 Å². The van der Waals surface area contributed by atoms with Crippen LogP contribution in [-0.2, 0) is 13.6 Å². The highest BCUT2D eigenvalue weighted by molar-refractivity contribution is 5.99. The van der Waals surface area contributed by atoms with Crippen molar-refractivity contribution in [2.75, 3.05) is 18.8 Å². The fourth-order valence-electron chi connectivity index (χ4n) is 4.01. The molecule has 1 aromatic carbocycles. The molecule has 0 radical (unpaired) electrons. The van der Waals surface area contributed by atoms with Gasteiger partial charge in [-0.2, -0.15) is 5.10 Å². The Morgan fingerprint density at radius 3 is 2.68 bits per heavy atom. The Bertz CT molecular complexity index is 1060. The molecule has 1 saturated heterocycles. The van der Waals surface area contributed by atoms with E-state index in [4.69, 9.17) is 5.73 Å². The number of pyridine rings is 1. The van der Waals surface area contributed by atoms with Crippen LogP contribution >= 0.6 is 0 Å². The zero-order valence-electron chi connectivity index (χ0n) is 18.4. The van der Waals surface area contributed by atoms with Crippen LogP contribution in [-0.4, -0.2) is 44.7 Å². The minimum absolute atomic E-state index is 0.101. The van der Waals surface area contributed by atoms with Gasteiger partial charge in [0.05, 0.1) is 11.8 Å². The summed E-state index contributed by atoms with van der Waals surface area (Å²) in [5.41, 5.74) is 10.8. The van der Waals surface area contributed by atoms with Gasteiger partial charge in [0.2, 0.25) is 0 Å². The quantitative estimate of drug-likeness (QED) is 0.642. The molecule has 7 nitrogen and oxygen atoms in total. The van der Waals surface area contributed by atoms with E-state index in [1.807, 2.05) is 13.2 Å². The van der Waals surface area contributed by atoms with Crippen LogP contribution in [0.3, 0.4) is 0 Å². The molecule has 7 heteroatoms. The van der Waals surface area contributed by atoms with Gasteiger partial charge in [-0.15, -0.1) is 0 Å². The predicted molar refractivity (Wildman–Crippen MR) is 123 cm³/mol. The molecule has 1 amide bonds. The highest BCUT2D eigenvalue weighted by atomic mass is 16.1. The summed E-state index contributed by atoms with van der Waals surface area (Å²) in [6.45, 7) is 7.09. The number of hydrogen-bond acceptors (Lipinski definition) is 5. The highest BCUT2D eigenvalue weighted by Gasteiger charge is 2.25. The van der Waals surface area contributed by atoms with E-state index in [9.17, 15) is 4.79 Å². The van der Waals surface area contributed by atoms with Crippen molar-refractivity contribution in [1.82, 2.24) is 25.0 Å². The smallest absolute Gasteiger partial charge is 0.255 e. The molecule has 3 aromatic rings. The number of hydrogen-bond donors (Lipinski definition) is 2. The van der Waals surface area contributed by atoms with Gasteiger partial charge in [0.15, 0.2) is 0 Å². The number of amides is 1. The standard InChI is InChI=1S/C24H30N6O/c1-16(2)18-6-4-17(5-7-18)13-30-9-8-21(15-30)28-24(31)22-10-19(11-26-23(22)25)20-12-27-29(3)14-20/h4-7,10-12,14,16,21H,8-9,13,15H2,1-3H3,(H2,25,26)(H,28,31)/t21-/m1/s1. The Balaban J connectivity index is 1.37. The van der Waals surface area contributed by atoms with E-state index in [1.54, 1.807) is 23.1 Å². The lowest BCUT2D eigenvalue weighted by Crippen LogP contribution is -2.37. The Morgan fingerprint density at radius 1 is 1.23 bits per heavy atom. The maximum atomic E-state index is 12.9. The average molecular weight is 419 g/mol. The van der Waals surface area contributed by atoms with E-state index in [2.05, 4.69) is 58.4 Å². The third kappa shape index (κ3) is 4.94. The fourth-order valence-corrected chi connectivity index (χ4v) is 4.01. The van der Waals surface area contributed by atoms with Gasteiger partial charge < -0.3 is 11.1 Å². The second-order valence-corrected chi connectivity index (χ2v) is 8.65. The normalized spacial score (nSPS) is 16.7. The van der Waals surface area contributed by atoms with Crippen molar-refractivity contribution >= 4 is 11.7 Å². The average Bonchev–Trinajstić information content (AvgIpc) is 3.37. The number of rotatable bonds is 6. The van der Waals surface area contributed by atoms with Crippen LogP contribution in [0.25, 0.3) is 11.1 Å². The highest BCUT2D eigenvalue weighted by Crippen LogP contribution is 2.22. The molecular formula is C24H30N6O. The lowest BCUT2D eigenvalue weighted by Gasteiger charge is -2.17. The number of aromatic nitrogens is 3. The van der Waals surface area contributed by atoms with Crippen LogP contribution in [0.1, 0.15) is 47.7 Å². The van der Waals surface area contributed by atoms with Gasteiger partial charge >= 0.3 is 0 Å². The summed E-state index contributed by atoms with van der Waals surface area (Å²) in [6, 6.07) is 10.7. The van der Waals surface area contributed by atoms with Crippen molar-refractivity contribution < 1.29 is 4.79 Å². The van der Waals surface area contributed by atoms with Crippen molar-refractivity contribution in [2.45, 2.75) is 38.8 Å². The molecule has 0 bridgehead atoms. The van der Waals surface area contributed by atoms with Gasteiger partial charge in [-0.25, -0.2) is 4.98 Å². The lowest BCUT2D eigenvalue weighted by atomic mass is 10.0. The number of benzene rings is 1. The fraction of sp³-hybridized carbons (Fsp3) is 0.375. The van der Waals surface area contributed by atoms with E-state index in [0.717, 1.165) is 37.2 Å². The van der Waals surface area contributed by atoms with Crippen LogP contribution in [0.4, 0.5) is 5.82 Å². The van der Waals surface area contributed by atoms with Crippen LogP contribution in [0.5, 0.6) is 0 Å². The van der Waals surface area contributed by atoms with Crippen LogP contribution < -0.4 is 11.1 Å². The second kappa shape index (κ2) is 8.89. The van der Waals surface area contributed by atoms with Crippen molar-refractivity contribution in [3.8, 4) is 11.1 Å². The first-order chi connectivity index (χ1) is 14.9. The number of anilines is 1. The predicted octanol–water partition coefficient (Wildman–Crippen LogP) is 3.19. The summed E-state index contributed by atoms with van der Waals surface area (Å²) in [4.78, 5) is 19.5. The minimum Gasteiger partial charge on any atom is -0.383 e. The number of aryl methyl sites for hydroxylation is 1. The molecule has 31 heavy (non-hydrogen) atoms. The molecule has 0 aliphatic carbocycles. The molecule has 3 N–H and O–H groups in total. The van der Waals surface area contributed by atoms with E-state index in [-0.39, 0.29) is 17.8 Å². The van der Waals surface area contributed by atoms with E-state index < -0.39 is 0 Å². The van der Waals surface area contributed by atoms with Gasteiger partial charge in [0.25, 0.3) is 5.91 Å². The monoisotopic (exact) mass is 418 g/mol. The Hall–Kier alpha value is -3.19. The van der Waals surface area contributed by atoms with Gasteiger partial charge in [-0.05, 0) is 29.5 Å². The van der Waals surface area contributed by atoms with Gasteiger partial charge in [0, 0.05) is 56.2 Å². The summed E-state index contributed by atoms with van der Waals surface area (Å²) < 4.78 is 1.72. The number of nitrogens with two attached hydrogens (primary N) is 1. The number of nitrogens with one attached hydrogen (secondary N) is 1. The number of nitrogen functional groups attached to an aromatic ring is 1. The molecule has 0 spiro atoms. The minimum atomic E-state index is -0.177. The summed E-state index contributed by atoms with van der Waals surface area (Å²) in [6.07, 6.45) is 6.23. The first-order valence-corrected chi connectivity index (χ1v) is 10.8. The van der Waals surface area contributed by atoms with Gasteiger partial charge in [-0.3, -0.25) is 14.4 Å². The first kappa shape index (κ1) is 21.1. The zero-order chi connectivity index (χ0) is 22.0. The van der Waals surface area contributed by atoms with Crippen molar-refractivity contribution in [3.05, 3.63) is 65.6 Å². The maximum absolute atomic E-state index is 12.9. The number of carbonyl (C=O) groups is 1. The van der Waals surface area contributed by atoms with E-state index in [1.165, 1.54) is 11.1 Å². The molecule has 0 saturated carbocycles. The molecular weight excluding hydrogens is 388 g/mol. The molecule has 1 aliphatic heterocycles. The van der Waals surface area contributed by atoms with E-state index >= 15 is 0 Å². The van der Waals surface area contributed by atoms with Crippen molar-refractivity contribution in [1.29, 1.82) is 0 Å². The maximum Gasteiger partial charge on any atom is 0.255 e. The van der Waals surface area contributed by atoms with Gasteiger partial charge in [0.1, 0.15) is 5.82 Å². The topological polar surface area (TPSA) is 89.1 Å². The molecule has 1 atom stereocenters. The summed E-state index contributed by atoms with van der Waals surface area (Å²) in [5.74, 6) is 0.605. The summed E-state index contributed by atoms with van der Waals surface area (Å²) in [5, 5.41) is 7.32. The Morgan fingerprint density at radius 2 is 2.00 bits per heavy atom. The lowest BCUT2D eigenvalue weighted by molar-refractivity contribution is 0.0938. The molecule has 2 aromatic heterocycles. The summed E-state index contributed by atoms with van der Waals surface area (Å²) in [7, 11) is 1.85. The van der Waals surface area contributed by atoms with Gasteiger partial charge in [-0.1, -0.05) is 38.1 Å². The molecule has 162 valence electrons.